The average molecular weight is 217 g/mol. The van der Waals surface area contributed by atoms with E-state index in [2.05, 4.69) is 0 Å². The predicted octanol–water partition coefficient (Wildman–Crippen LogP) is 2.01. The lowest BCUT2D eigenvalue weighted by atomic mass is 10.1. The quantitative estimate of drug-likeness (QED) is 0.786. The van der Waals surface area contributed by atoms with Gasteiger partial charge in [0.1, 0.15) is 5.60 Å². The molecule has 90 valence electrons. The molecule has 2 atom stereocenters. The van der Waals surface area contributed by atoms with Gasteiger partial charge in [-0.05, 0) is 41.0 Å². The van der Waals surface area contributed by atoms with Crippen LogP contribution in [0.4, 0.5) is 4.79 Å². The molecule has 1 N–H and O–H groups in total. The minimum absolute atomic E-state index is 0.0279. The number of rotatable bonds is 3. The van der Waals surface area contributed by atoms with E-state index in [0.717, 1.165) is 0 Å². The summed E-state index contributed by atoms with van der Waals surface area (Å²) in [5, 5.41) is 9.21. The second-order valence-electron chi connectivity index (χ2n) is 5.02. The summed E-state index contributed by atoms with van der Waals surface area (Å²) in [6.45, 7) is 9.09. The van der Waals surface area contributed by atoms with E-state index in [1.165, 1.54) is 4.90 Å². The molecule has 1 amide bonds. The van der Waals surface area contributed by atoms with Crippen LogP contribution < -0.4 is 0 Å². The van der Waals surface area contributed by atoms with Gasteiger partial charge in [-0.1, -0.05) is 0 Å². The van der Waals surface area contributed by atoms with Gasteiger partial charge >= 0.3 is 6.09 Å². The third kappa shape index (κ3) is 6.33. The van der Waals surface area contributed by atoms with Gasteiger partial charge in [0.05, 0.1) is 6.10 Å². The second-order valence-corrected chi connectivity index (χ2v) is 5.02. The highest BCUT2D eigenvalue weighted by Gasteiger charge is 2.23. The Morgan fingerprint density at radius 3 is 2.20 bits per heavy atom. The maximum absolute atomic E-state index is 11.6. The van der Waals surface area contributed by atoms with Crippen LogP contribution in [0.5, 0.6) is 0 Å². The van der Waals surface area contributed by atoms with Gasteiger partial charge < -0.3 is 14.7 Å². The van der Waals surface area contributed by atoms with Crippen LogP contribution >= 0.6 is 0 Å². The molecule has 0 aliphatic carbocycles. The molecule has 0 heterocycles. The lowest BCUT2D eigenvalue weighted by molar-refractivity contribution is 0.0194. The Morgan fingerprint density at radius 2 is 1.87 bits per heavy atom. The molecule has 0 aromatic carbocycles. The highest BCUT2D eigenvalue weighted by Crippen LogP contribution is 2.12. The van der Waals surface area contributed by atoms with Crippen molar-refractivity contribution in [3.05, 3.63) is 0 Å². The van der Waals surface area contributed by atoms with Crippen LogP contribution in [-0.2, 0) is 4.74 Å². The molecule has 0 aliphatic rings. The molecule has 0 rings (SSSR count). The molecular weight excluding hydrogens is 194 g/mol. The summed E-state index contributed by atoms with van der Waals surface area (Å²) in [7, 11) is 1.68. The number of hydrogen-bond donors (Lipinski definition) is 1. The first-order chi connectivity index (χ1) is 6.63. The zero-order chi connectivity index (χ0) is 12.2. The zero-order valence-electron chi connectivity index (χ0n) is 10.6. The number of carbonyl (C=O) groups is 1. The first-order valence-corrected chi connectivity index (χ1v) is 5.27. The lowest BCUT2D eigenvalue weighted by Gasteiger charge is -2.29. The summed E-state index contributed by atoms with van der Waals surface area (Å²) in [5.41, 5.74) is -0.476. The second kappa shape index (κ2) is 5.35. The topological polar surface area (TPSA) is 49.8 Å². The molecular formula is C11H23NO3. The molecule has 15 heavy (non-hydrogen) atoms. The summed E-state index contributed by atoms with van der Waals surface area (Å²) in [4.78, 5) is 13.1. The SMILES string of the molecule is CC(O)CC(C)N(C)C(=O)OC(C)(C)C. The Balaban J connectivity index is 4.20. The molecule has 0 radical (unpaired) electrons. The van der Waals surface area contributed by atoms with Crippen LogP contribution in [-0.4, -0.2) is 40.9 Å². The molecule has 2 unspecified atom stereocenters. The Kier molecular flexibility index (Phi) is 5.08. The Bertz CT molecular complexity index is 208. The summed E-state index contributed by atoms with van der Waals surface area (Å²) < 4.78 is 5.21. The highest BCUT2D eigenvalue weighted by molar-refractivity contribution is 5.68. The standard InChI is InChI=1S/C11H23NO3/c1-8(7-9(2)13)12(6)10(14)15-11(3,4)5/h8-9,13H,7H2,1-6H3. The van der Waals surface area contributed by atoms with Gasteiger partial charge in [-0.2, -0.15) is 0 Å². The molecule has 4 heteroatoms. The lowest BCUT2D eigenvalue weighted by Crippen LogP contribution is -2.40. The van der Waals surface area contributed by atoms with Crippen molar-refractivity contribution in [2.75, 3.05) is 7.05 Å². The average Bonchev–Trinajstić information content (AvgIpc) is 1.98. The fraction of sp³-hybridized carbons (Fsp3) is 0.909. The highest BCUT2D eigenvalue weighted by atomic mass is 16.6. The van der Waals surface area contributed by atoms with Crippen molar-refractivity contribution < 1.29 is 14.6 Å². The fourth-order valence-electron chi connectivity index (χ4n) is 1.17. The monoisotopic (exact) mass is 217 g/mol. The van der Waals surface area contributed by atoms with Gasteiger partial charge in [0, 0.05) is 13.1 Å². The van der Waals surface area contributed by atoms with E-state index in [-0.39, 0.29) is 12.1 Å². The molecule has 4 nitrogen and oxygen atoms in total. The number of carbonyl (C=O) groups excluding carboxylic acids is 1. The third-order valence-electron chi connectivity index (χ3n) is 2.02. The van der Waals surface area contributed by atoms with Crippen molar-refractivity contribution in [1.82, 2.24) is 4.90 Å². The number of amides is 1. The Morgan fingerprint density at radius 1 is 1.40 bits per heavy atom. The number of hydrogen-bond acceptors (Lipinski definition) is 3. The number of nitrogens with zero attached hydrogens (tertiary/aromatic N) is 1. The predicted molar refractivity (Wildman–Crippen MR) is 59.8 cm³/mol. The molecule has 0 saturated heterocycles. The summed E-state index contributed by atoms with van der Waals surface area (Å²) >= 11 is 0. The fourth-order valence-corrected chi connectivity index (χ4v) is 1.17. The van der Waals surface area contributed by atoms with Crippen LogP contribution in [0.25, 0.3) is 0 Å². The summed E-state index contributed by atoms with van der Waals surface area (Å²) in [6, 6.07) is -0.0279. The Hall–Kier alpha value is -0.770. The molecule has 0 bridgehead atoms. The molecule has 0 saturated carbocycles. The van der Waals surface area contributed by atoms with Gasteiger partial charge in [0.25, 0.3) is 0 Å². The van der Waals surface area contributed by atoms with E-state index in [1.54, 1.807) is 14.0 Å². The molecule has 0 fully saturated rings. The normalized spacial score (nSPS) is 15.7. The van der Waals surface area contributed by atoms with E-state index < -0.39 is 11.7 Å². The van der Waals surface area contributed by atoms with E-state index in [4.69, 9.17) is 4.74 Å². The van der Waals surface area contributed by atoms with Gasteiger partial charge in [0.2, 0.25) is 0 Å². The number of aliphatic hydroxyl groups is 1. The van der Waals surface area contributed by atoms with Crippen molar-refractivity contribution in [1.29, 1.82) is 0 Å². The van der Waals surface area contributed by atoms with Crippen molar-refractivity contribution in [2.45, 2.75) is 58.8 Å². The first kappa shape index (κ1) is 14.2. The van der Waals surface area contributed by atoms with Gasteiger partial charge in [-0.15, -0.1) is 0 Å². The minimum atomic E-state index is -0.476. The van der Waals surface area contributed by atoms with Crippen LogP contribution in [0.15, 0.2) is 0 Å². The Labute approximate surface area is 92.2 Å². The largest absolute Gasteiger partial charge is 0.444 e. The summed E-state index contributed by atoms with van der Waals surface area (Å²) in [5.74, 6) is 0. The molecule has 0 aliphatic heterocycles. The van der Waals surface area contributed by atoms with Gasteiger partial charge in [0.15, 0.2) is 0 Å². The molecule has 0 aromatic heterocycles. The number of aliphatic hydroxyl groups excluding tert-OH is 1. The van der Waals surface area contributed by atoms with Crippen molar-refractivity contribution in [3.63, 3.8) is 0 Å². The van der Waals surface area contributed by atoms with E-state index in [0.29, 0.717) is 6.42 Å². The number of ether oxygens (including phenoxy) is 1. The van der Waals surface area contributed by atoms with E-state index >= 15 is 0 Å². The maximum Gasteiger partial charge on any atom is 0.410 e. The third-order valence-corrected chi connectivity index (χ3v) is 2.02. The van der Waals surface area contributed by atoms with E-state index in [9.17, 15) is 9.90 Å². The minimum Gasteiger partial charge on any atom is -0.444 e. The van der Waals surface area contributed by atoms with Crippen LogP contribution in [0, 0.1) is 0 Å². The van der Waals surface area contributed by atoms with E-state index in [1.807, 2.05) is 27.7 Å². The molecule has 0 aromatic rings. The van der Waals surface area contributed by atoms with Gasteiger partial charge in [-0.3, -0.25) is 0 Å². The maximum atomic E-state index is 11.6. The van der Waals surface area contributed by atoms with Crippen molar-refractivity contribution in [2.24, 2.45) is 0 Å². The zero-order valence-corrected chi connectivity index (χ0v) is 10.6. The van der Waals surface area contributed by atoms with Crippen molar-refractivity contribution in [3.8, 4) is 0 Å². The van der Waals surface area contributed by atoms with Crippen LogP contribution in [0.3, 0.4) is 0 Å². The first-order valence-electron chi connectivity index (χ1n) is 5.27. The van der Waals surface area contributed by atoms with Crippen molar-refractivity contribution >= 4 is 6.09 Å². The van der Waals surface area contributed by atoms with Gasteiger partial charge in [-0.25, -0.2) is 4.79 Å². The smallest absolute Gasteiger partial charge is 0.410 e. The summed E-state index contributed by atoms with van der Waals surface area (Å²) in [6.07, 6.45) is -0.212. The van der Waals surface area contributed by atoms with Crippen LogP contribution in [0.1, 0.15) is 41.0 Å². The van der Waals surface area contributed by atoms with Crippen LogP contribution in [0.2, 0.25) is 0 Å². The molecule has 0 spiro atoms.